The summed E-state index contributed by atoms with van der Waals surface area (Å²) < 4.78 is 7.71. The summed E-state index contributed by atoms with van der Waals surface area (Å²) in [7, 11) is 1.99. The average molecular weight is 386 g/mol. The normalized spacial score (nSPS) is 17.5. The maximum atomic E-state index is 6.12. The number of likely N-dealkylation sites (tertiary alicyclic amines) is 1. The van der Waals surface area contributed by atoms with Crippen molar-refractivity contribution < 1.29 is 4.74 Å². The van der Waals surface area contributed by atoms with Crippen molar-refractivity contribution in [1.29, 1.82) is 0 Å². The fraction of sp³-hybridized carbons (Fsp3) is 0.400. The molecule has 142 valence electrons. The molecule has 7 heteroatoms. The van der Waals surface area contributed by atoms with E-state index in [1.807, 2.05) is 42.2 Å². The van der Waals surface area contributed by atoms with Crippen LogP contribution in [0.1, 0.15) is 29.4 Å². The number of H-pyrrole nitrogens is 1. The highest BCUT2D eigenvalue weighted by Crippen LogP contribution is 2.27. The summed E-state index contributed by atoms with van der Waals surface area (Å²) in [4.78, 5) is 2.47. The maximum absolute atomic E-state index is 6.12. The molecule has 0 spiro atoms. The van der Waals surface area contributed by atoms with Crippen LogP contribution in [0.5, 0.6) is 5.75 Å². The first-order valence-electron chi connectivity index (χ1n) is 9.30. The number of ether oxygens (including phenoxy) is 1. The van der Waals surface area contributed by atoms with E-state index in [2.05, 4.69) is 32.3 Å². The predicted octanol–water partition coefficient (Wildman–Crippen LogP) is 3.41. The van der Waals surface area contributed by atoms with Gasteiger partial charge in [-0.2, -0.15) is 10.2 Å². The molecule has 0 amide bonds. The van der Waals surface area contributed by atoms with Crippen LogP contribution in [0, 0.1) is 0 Å². The van der Waals surface area contributed by atoms with Crippen molar-refractivity contribution in [2.45, 2.75) is 25.3 Å². The number of halogens is 1. The van der Waals surface area contributed by atoms with Gasteiger partial charge in [-0.1, -0.05) is 23.7 Å². The third-order valence-electron chi connectivity index (χ3n) is 5.12. The Labute approximate surface area is 164 Å². The number of nitrogens with zero attached hydrogens (tertiary/aromatic N) is 4. The van der Waals surface area contributed by atoms with E-state index in [1.165, 1.54) is 5.69 Å². The van der Waals surface area contributed by atoms with Crippen LogP contribution in [0.15, 0.2) is 42.6 Å². The number of nitrogens with one attached hydrogen (secondary N) is 1. The molecule has 0 unspecified atom stereocenters. The van der Waals surface area contributed by atoms with Crippen LogP contribution in [0.25, 0.3) is 0 Å². The molecule has 0 radical (unpaired) electrons. The molecule has 1 saturated heterocycles. The predicted molar refractivity (Wildman–Crippen MR) is 105 cm³/mol. The summed E-state index contributed by atoms with van der Waals surface area (Å²) in [6.07, 6.45) is 3.77. The Morgan fingerprint density at radius 1 is 1.30 bits per heavy atom. The van der Waals surface area contributed by atoms with Gasteiger partial charge in [0, 0.05) is 44.4 Å². The van der Waals surface area contributed by atoms with Crippen molar-refractivity contribution in [3.63, 3.8) is 0 Å². The molecule has 1 atom stereocenters. The minimum Gasteiger partial charge on any atom is -0.492 e. The van der Waals surface area contributed by atoms with Gasteiger partial charge in [-0.15, -0.1) is 0 Å². The number of para-hydroxylation sites is 1. The van der Waals surface area contributed by atoms with Crippen molar-refractivity contribution in [3.8, 4) is 5.75 Å². The third-order valence-corrected chi connectivity index (χ3v) is 5.43. The minimum atomic E-state index is 0.479. The smallest absolute Gasteiger partial charge is 0.137 e. The van der Waals surface area contributed by atoms with E-state index >= 15 is 0 Å². The first-order valence-corrected chi connectivity index (χ1v) is 9.67. The Morgan fingerprint density at radius 3 is 3.00 bits per heavy atom. The van der Waals surface area contributed by atoms with Crippen molar-refractivity contribution >= 4 is 11.6 Å². The first-order chi connectivity index (χ1) is 13.2. The summed E-state index contributed by atoms with van der Waals surface area (Å²) in [5, 5.41) is 12.6. The summed E-state index contributed by atoms with van der Waals surface area (Å²) in [5.41, 5.74) is 3.49. The van der Waals surface area contributed by atoms with E-state index in [0.717, 1.165) is 49.6 Å². The molecule has 1 aromatic carbocycles. The quantitative estimate of drug-likeness (QED) is 0.677. The number of aromatic amines is 1. The Balaban J connectivity index is 1.28. The molecule has 0 bridgehead atoms. The Morgan fingerprint density at radius 2 is 2.19 bits per heavy atom. The lowest BCUT2D eigenvalue weighted by Crippen LogP contribution is -2.21. The number of aryl methyl sites for hydroxylation is 1. The molecular formula is C20H24ClN5O. The molecule has 1 aliphatic heterocycles. The molecule has 6 nitrogen and oxygen atoms in total. The molecule has 2 aromatic heterocycles. The largest absolute Gasteiger partial charge is 0.492 e. The number of aromatic nitrogens is 4. The van der Waals surface area contributed by atoms with Crippen molar-refractivity contribution in [1.82, 2.24) is 24.9 Å². The monoisotopic (exact) mass is 385 g/mol. The zero-order chi connectivity index (χ0) is 18.6. The van der Waals surface area contributed by atoms with E-state index < -0.39 is 0 Å². The number of hydrogen-bond donors (Lipinski definition) is 1. The van der Waals surface area contributed by atoms with Crippen LogP contribution in [0.4, 0.5) is 0 Å². The van der Waals surface area contributed by atoms with Gasteiger partial charge < -0.3 is 4.74 Å². The van der Waals surface area contributed by atoms with Crippen LogP contribution in [0.3, 0.4) is 0 Å². The SMILES string of the molecule is Cn1nccc1CN1CC[C@H](c2cc(CCOc3ccccc3Cl)[nH]n2)C1. The molecule has 27 heavy (non-hydrogen) atoms. The van der Waals surface area contributed by atoms with Gasteiger partial charge in [0.25, 0.3) is 0 Å². The van der Waals surface area contributed by atoms with Crippen molar-refractivity contribution in [2.24, 2.45) is 7.05 Å². The summed E-state index contributed by atoms with van der Waals surface area (Å²) in [6, 6.07) is 11.8. The second kappa shape index (κ2) is 8.15. The Hall–Kier alpha value is -2.31. The topological polar surface area (TPSA) is 59.0 Å². The lowest BCUT2D eigenvalue weighted by atomic mass is 10.0. The van der Waals surface area contributed by atoms with Gasteiger partial charge >= 0.3 is 0 Å². The van der Waals surface area contributed by atoms with E-state index in [0.29, 0.717) is 17.5 Å². The van der Waals surface area contributed by atoms with E-state index in [1.54, 1.807) is 0 Å². The molecule has 4 rings (SSSR count). The van der Waals surface area contributed by atoms with Gasteiger partial charge in [0.05, 0.1) is 23.0 Å². The second-order valence-corrected chi connectivity index (χ2v) is 7.42. The van der Waals surface area contributed by atoms with Gasteiger partial charge in [0.1, 0.15) is 5.75 Å². The maximum Gasteiger partial charge on any atom is 0.137 e. The summed E-state index contributed by atoms with van der Waals surface area (Å²) >= 11 is 6.12. The summed E-state index contributed by atoms with van der Waals surface area (Å²) in [5.74, 6) is 1.20. The van der Waals surface area contributed by atoms with Gasteiger partial charge in [0.2, 0.25) is 0 Å². The van der Waals surface area contributed by atoms with E-state index in [4.69, 9.17) is 16.3 Å². The standard InChI is InChI=1S/C20H24ClN5O/c1-25-17(6-9-22-25)14-26-10-7-15(13-26)19-12-16(23-24-19)8-11-27-20-5-3-2-4-18(20)21/h2-6,9,12,15H,7-8,10-11,13-14H2,1H3,(H,23,24)/t15-/m0/s1. The molecular weight excluding hydrogens is 362 g/mol. The van der Waals surface area contributed by atoms with Gasteiger partial charge in [-0.25, -0.2) is 0 Å². The molecule has 3 aromatic rings. The van der Waals surface area contributed by atoms with Crippen LogP contribution in [-0.2, 0) is 20.0 Å². The minimum absolute atomic E-state index is 0.479. The highest BCUT2D eigenvalue weighted by Gasteiger charge is 2.26. The van der Waals surface area contributed by atoms with E-state index in [-0.39, 0.29) is 0 Å². The molecule has 3 heterocycles. The zero-order valence-electron chi connectivity index (χ0n) is 15.4. The van der Waals surface area contributed by atoms with E-state index in [9.17, 15) is 0 Å². The average Bonchev–Trinajstić information content (AvgIpc) is 3.39. The van der Waals surface area contributed by atoms with Crippen molar-refractivity contribution in [3.05, 3.63) is 64.7 Å². The number of rotatable bonds is 7. The number of hydrogen-bond acceptors (Lipinski definition) is 4. The van der Waals surface area contributed by atoms with Crippen LogP contribution in [-0.4, -0.2) is 44.6 Å². The van der Waals surface area contributed by atoms with Crippen LogP contribution in [0.2, 0.25) is 5.02 Å². The molecule has 1 aliphatic rings. The Kier molecular flexibility index (Phi) is 5.45. The van der Waals surface area contributed by atoms with Gasteiger partial charge in [0.15, 0.2) is 0 Å². The fourth-order valence-corrected chi connectivity index (χ4v) is 3.74. The lowest BCUT2D eigenvalue weighted by molar-refractivity contribution is 0.316. The fourth-order valence-electron chi connectivity index (χ4n) is 3.55. The summed E-state index contributed by atoms with van der Waals surface area (Å²) in [6.45, 7) is 3.64. The Bertz CT molecular complexity index is 890. The number of benzene rings is 1. The highest BCUT2D eigenvalue weighted by atomic mass is 35.5. The van der Waals surface area contributed by atoms with Gasteiger partial charge in [-0.3, -0.25) is 14.7 Å². The zero-order valence-corrected chi connectivity index (χ0v) is 16.2. The first kappa shape index (κ1) is 18.1. The molecule has 1 N–H and O–H groups in total. The van der Waals surface area contributed by atoms with Crippen LogP contribution < -0.4 is 4.74 Å². The van der Waals surface area contributed by atoms with Crippen LogP contribution >= 0.6 is 11.6 Å². The molecule has 0 aliphatic carbocycles. The molecule has 1 fully saturated rings. The molecule has 0 saturated carbocycles. The lowest BCUT2D eigenvalue weighted by Gasteiger charge is -2.15. The van der Waals surface area contributed by atoms with Crippen molar-refractivity contribution in [2.75, 3.05) is 19.7 Å². The van der Waals surface area contributed by atoms with Gasteiger partial charge in [-0.05, 0) is 37.2 Å². The third kappa shape index (κ3) is 4.34. The second-order valence-electron chi connectivity index (χ2n) is 7.01. The highest BCUT2D eigenvalue weighted by molar-refractivity contribution is 6.32.